The Balaban J connectivity index is 2.97. The highest BCUT2D eigenvalue weighted by atomic mass is 79.9. The predicted octanol–water partition coefficient (Wildman–Crippen LogP) is 4.06. The molecule has 1 aromatic rings. The van der Waals surface area contributed by atoms with E-state index in [0.29, 0.717) is 12.5 Å². The minimum Gasteiger partial charge on any atom is -0.466 e. The molecule has 2 nitrogen and oxygen atoms in total. The van der Waals surface area contributed by atoms with Crippen molar-refractivity contribution in [2.75, 3.05) is 6.61 Å². The molecule has 88 valence electrons. The number of halogens is 3. The summed E-state index contributed by atoms with van der Waals surface area (Å²) >= 11 is 12.7. The SMILES string of the molecule is CCOC(=O)Cc1cc(Br)cc(Br)c1CCl. The third-order valence-electron chi connectivity index (χ3n) is 2.03. The van der Waals surface area contributed by atoms with Crippen LogP contribution in [0.4, 0.5) is 0 Å². The van der Waals surface area contributed by atoms with Crippen LogP contribution in [0.5, 0.6) is 0 Å². The molecular weight excluding hydrogens is 359 g/mol. The van der Waals surface area contributed by atoms with Crippen LogP contribution in [0.3, 0.4) is 0 Å². The van der Waals surface area contributed by atoms with Gasteiger partial charge in [0.25, 0.3) is 0 Å². The van der Waals surface area contributed by atoms with E-state index in [1.165, 1.54) is 0 Å². The average molecular weight is 370 g/mol. The Kier molecular flexibility index (Phi) is 5.79. The van der Waals surface area contributed by atoms with Crippen LogP contribution in [-0.2, 0) is 21.8 Å². The highest BCUT2D eigenvalue weighted by Gasteiger charge is 2.12. The van der Waals surface area contributed by atoms with Crippen molar-refractivity contribution in [3.8, 4) is 0 Å². The molecule has 1 rings (SSSR count). The van der Waals surface area contributed by atoms with Crippen molar-refractivity contribution in [3.05, 3.63) is 32.2 Å². The molecule has 0 saturated carbocycles. The first-order valence-corrected chi connectivity index (χ1v) is 6.89. The lowest BCUT2D eigenvalue weighted by atomic mass is 10.1. The van der Waals surface area contributed by atoms with Crippen LogP contribution < -0.4 is 0 Å². The quantitative estimate of drug-likeness (QED) is 0.590. The number of hydrogen-bond acceptors (Lipinski definition) is 2. The van der Waals surface area contributed by atoms with Crippen LogP contribution in [0.25, 0.3) is 0 Å². The molecule has 0 atom stereocenters. The number of hydrogen-bond donors (Lipinski definition) is 0. The van der Waals surface area contributed by atoms with E-state index in [1.807, 2.05) is 12.1 Å². The maximum absolute atomic E-state index is 11.4. The van der Waals surface area contributed by atoms with E-state index in [4.69, 9.17) is 16.3 Å². The molecule has 5 heteroatoms. The van der Waals surface area contributed by atoms with Crippen molar-refractivity contribution in [2.24, 2.45) is 0 Å². The monoisotopic (exact) mass is 368 g/mol. The minimum atomic E-state index is -0.237. The molecule has 0 saturated heterocycles. The topological polar surface area (TPSA) is 26.3 Å². The van der Waals surface area contributed by atoms with E-state index in [9.17, 15) is 4.79 Å². The summed E-state index contributed by atoms with van der Waals surface area (Å²) < 4.78 is 6.72. The second-order valence-electron chi connectivity index (χ2n) is 3.14. The van der Waals surface area contributed by atoms with Crippen LogP contribution in [-0.4, -0.2) is 12.6 Å². The molecule has 0 aliphatic heterocycles. The maximum atomic E-state index is 11.4. The standard InChI is InChI=1S/C11H11Br2ClO2/c1-2-16-11(15)4-7-3-8(12)5-10(13)9(7)6-14/h3,5H,2,4,6H2,1H3. The number of rotatable bonds is 4. The summed E-state index contributed by atoms with van der Waals surface area (Å²) in [5, 5.41) is 0. The van der Waals surface area contributed by atoms with Crippen LogP contribution in [0.15, 0.2) is 21.1 Å². The highest BCUT2D eigenvalue weighted by molar-refractivity contribution is 9.11. The molecule has 0 aliphatic carbocycles. The number of carbonyl (C=O) groups is 1. The van der Waals surface area contributed by atoms with Gasteiger partial charge in [0.05, 0.1) is 13.0 Å². The average Bonchev–Trinajstić information content (AvgIpc) is 2.17. The Hall–Kier alpha value is -0.0600. The predicted molar refractivity (Wildman–Crippen MR) is 71.7 cm³/mol. The van der Waals surface area contributed by atoms with Gasteiger partial charge in [-0.05, 0) is 30.2 Å². The lowest BCUT2D eigenvalue weighted by molar-refractivity contribution is -0.142. The maximum Gasteiger partial charge on any atom is 0.310 e. The third kappa shape index (κ3) is 3.75. The van der Waals surface area contributed by atoms with Crippen LogP contribution in [0.2, 0.25) is 0 Å². The molecule has 0 heterocycles. The molecule has 0 aliphatic rings. The molecule has 16 heavy (non-hydrogen) atoms. The zero-order chi connectivity index (χ0) is 12.1. The normalized spacial score (nSPS) is 10.2. The van der Waals surface area contributed by atoms with Crippen molar-refractivity contribution in [3.63, 3.8) is 0 Å². The molecule has 0 bridgehead atoms. The summed E-state index contributed by atoms with van der Waals surface area (Å²) in [6.45, 7) is 2.18. The fourth-order valence-corrected chi connectivity index (χ4v) is 3.26. The van der Waals surface area contributed by atoms with Crippen molar-refractivity contribution in [1.82, 2.24) is 0 Å². The second-order valence-corrected chi connectivity index (χ2v) is 5.18. The molecule has 0 aromatic heterocycles. The van der Waals surface area contributed by atoms with E-state index < -0.39 is 0 Å². The number of esters is 1. The third-order valence-corrected chi connectivity index (χ3v) is 3.46. The first-order valence-electron chi connectivity index (χ1n) is 4.76. The number of ether oxygens (including phenoxy) is 1. The molecule has 0 radical (unpaired) electrons. The molecular formula is C11H11Br2ClO2. The first kappa shape index (κ1) is 14.0. The largest absolute Gasteiger partial charge is 0.466 e. The van der Waals surface area contributed by atoms with Gasteiger partial charge >= 0.3 is 5.97 Å². The van der Waals surface area contributed by atoms with Crippen LogP contribution in [0, 0.1) is 0 Å². The van der Waals surface area contributed by atoms with Gasteiger partial charge in [0.2, 0.25) is 0 Å². The summed E-state index contributed by atoms with van der Waals surface area (Å²) in [5.74, 6) is 0.127. The second kappa shape index (κ2) is 6.62. The summed E-state index contributed by atoms with van der Waals surface area (Å²) in [7, 11) is 0. The van der Waals surface area contributed by atoms with Crippen LogP contribution in [0.1, 0.15) is 18.1 Å². The van der Waals surface area contributed by atoms with E-state index in [1.54, 1.807) is 6.92 Å². The summed E-state index contributed by atoms with van der Waals surface area (Å²) in [6.07, 6.45) is 0.244. The highest BCUT2D eigenvalue weighted by Crippen LogP contribution is 2.28. The Bertz CT molecular complexity index is 394. The molecule has 0 amide bonds. The van der Waals surface area contributed by atoms with Gasteiger partial charge in [-0.1, -0.05) is 31.9 Å². The summed E-state index contributed by atoms with van der Waals surface area (Å²) in [4.78, 5) is 11.4. The zero-order valence-corrected chi connectivity index (χ0v) is 12.7. The van der Waals surface area contributed by atoms with Crippen LogP contribution >= 0.6 is 43.5 Å². The van der Waals surface area contributed by atoms with E-state index in [2.05, 4.69) is 31.9 Å². The van der Waals surface area contributed by atoms with Crippen molar-refractivity contribution >= 4 is 49.4 Å². The fourth-order valence-electron chi connectivity index (χ4n) is 1.33. The smallest absolute Gasteiger partial charge is 0.310 e. The number of benzene rings is 1. The molecule has 1 aromatic carbocycles. The van der Waals surface area contributed by atoms with E-state index in [-0.39, 0.29) is 12.4 Å². The van der Waals surface area contributed by atoms with Gasteiger partial charge in [0.1, 0.15) is 0 Å². The van der Waals surface area contributed by atoms with Gasteiger partial charge in [-0.3, -0.25) is 4.79 Å². The molecule has 0 fully saturated rings. The summed E-state index contributed by atoms with van der Waals surface area (Å²) in [5.41, 5.74) is 1.81. The molecule has 0 spiro atoms. The van der Waals surface area contributed by atoms with Gasteiger partial charge in [-0.25, -0.2) is 0 Å². The Morgan fingerprint density at radius 2 is 2.12 bits per heavy atom. The van der Waals surface area contributed by atoms with Gasteiger partial charge in [0.15, 0.2) is 0 Å². The fraction of sp³-hybridized carbons (Fsp3) is 0.364. The minimum absolute atomic E-state index is 0.237. The van der Waals surface area contributed by atoms with E-state index in [0.717, 1.165) is 20.1 Å². The van der Waals surface area contributed by atoms with Gasteiger partial charge in [-0.15, -0.1) is 11.6 Å². The lowest BCUT2D eigenvalue weighted by Crippen LogP contribution is -2.09. The molecule has 0 unspecified atom stereocenters. The van der Waals surface area contributed by atoms with Gasteiger partial charge in [0, 0.05) is 14.8 Å². The van der Waals surface area contributed by atoms with Crippen molar-refractivity contribution < 1.29 is 9.53 Å². The molecule has 0 N–H and O–H groups in total. The zero-order valence-electron chi connectivity index (χ0n) is 8.73. The van der Waals surface area contributed by atoms with Gasteiger partial charge < -0.3 is 4.74 Å². The van der Waals surface area contributed by atoms with Crippen molar-refractivity contribution in [1.29, 1.82) is 0 Å². The number of carbonyl (C=O) groups excluding carboxylic acids is 1. The number of alkyl halides is 1. The first-order chi connectivity index (χ1) is 7.58. The summed E-state index contributed by atoms with van der Waals surface area (Å²) in [6, 6.07) is 3.80. The Labute approximate surface area is 117 Å². The van der Waals surface area contributed by atoms with E-state index >= 15 is 0 Å². The Morgan fingerprint density at radius 1 is 1.44 bits per heavy atom. The van der Waals surface area contributed by atoms with Crippen molar-refractivity contribution in [2.45, 2.75) is 19.2 Å². The lowest BCUT2D eigenvalue weighted by Gasteiger charge is -2.09. The van der Waals surface area contributed by atoms with Gasteiger partial charge in [-0.2, -0.15) is 0 Å². The Morgan fingerprint density at radius 3 is 2.69 bits per heavy atom.